The Morgan fingerprint density at radius 3 is 2.52 bits per heavy atom. The predicted octanol–water partition coefficient (Wildman–Crippen LogP) is 0.758. The summed E-state index contributed by atoms with van der Waals surface area (Å²) in [6, 6.07) is 0. The van der Waals surface area contributed by atoms with Gasteiger partial charge in [0.05, 0.1) is 18.9 Å². The normalized spacial score (nSPS) is 19.8. The zero-order chi connectivity index (χ0) is 16.2. The number of amides is 2. The summed E-state index contributed by atoms with van der Waals surface area (Å²) in [5.41, 5.74) is 0. The van der Waals surface area contributed by atoms with Gasteiger partial charge in [-0.05, 0) is 5.92 Å². The summed E-state index contributed by atoms with van der Waals surface area (Å²) in [4.78, 5) is 38.9. The molecule has 0 N–H and O–H groups in total. The fourth-order valence-electron chi connectivity index (χ4n) is 2.64. The molecule has 0 aromatic heterocycles. The number of ether oxygens (including phenoxy) is 1. The van der Waals surface area contributed by atoms with Crippen LogP contribution in [0.2, 0.25) is 0 Å². The molecule has 2 amide bonds. The summed E-state index contributed by atoms with van der Waals surface area (Å²) < 4.78 is 4.66. The lowest BCUT2D eigenvalue weighted by Crippen LogP contribution is -2.39. The average molecular weight is 298 g/mol. The first-order valence-electron chi connectivity index (χ1n) is 7.36. The SMILES string of the molecule is COC(=O)C(C)CN(C)C(=O)C1CC(=O)N(CC(C)C)C1. The van der Waals surface area contributed by atoms with Crippen molar-refractivity contribution in [2.24, 2.45) is 17.8 Å². The maximum absolute atomic E-state index is 12.4. The van der Waals surface area contributed by atoms with Crippen molar-refractivity contribution in [2.75, 3.05) is 33.8 Å². The molecule has 0 aliphatic carbocycles. The second kappa shape index (κ2) is 7.43. The van der Waals surface area contributed by atoms with E-state index in [1.807, 2.05) is 13.8 Å². The van der Waals surface area contributed by atoms with Gasteiger partial charge in [-0.25, -0.2) is 0 Å². The highest BCUT2D eigenvalue weighted by Crippen LogP contribution is 2.21. The van der Waals surface area contributed by atoms with Gasteiger partial charge in [0.25, 0.3) is 0 Å². The van der Waals surface area contributed by atoms with Crippen LogP contribution < -0.4 is 0 Å². The topological polar surface area (TPSA) is 66.9 Å². The molecular weight excluding hydrogens is 272 g/mol. The van der Waals surface area contributed by atoms with Crippen LogP contribution in [0.4, 0.5) is 0 Å². The number of carbonyl (C=O) groups is 3. The Bertz CT molecular complexity index is 408. The molecule has 0 saturated carbocycles. The van der Waals surface area contributed by atoms with Gasteiger partial charge in [0, 0.05) is 33.1 Å². The second-order valence-corrected chi connectivity index (χ2v) is 6.24. The fraction of sp³-hybridized carbons (Fsp3) is 0.800. The number of methoxy groups -OCH3 is 1. The summed E-state index contributed by atoms with van der Waals surface area (Å²) in [7, 11) is 3.00. The molecule has 2 unspecified atom stereocenters. The molecule has 0 aromatic carbocycles. The lowest BCUT2D eigenvalue weighted by Gasteiger charge is -2.24. The molecule has 0 aromatic rings. The quantitative estimate of drug-likeness (QED) is 0.679. The molecule has 1 saturated heterocycles. The summed E-state index contributed by atoms with van der Waals surface area (Å²) in [6.45, 7) is 7.29. The van der Waals surface area contributed by atoms with Gasteiger partial charge in [-0.2, -0.15) is 0 Å². The molecule has 2 atom stereocenters. The minimum Gasteiger partial charge on any atom is -0.469 e. The molecule has 0 bridgehead atoms. The van der Waals surface area contributed by atoms with Crippen LogP contribution in [-0.2, 0) is 19.1 Å². The van der Waals surface area contributed by atoms with Crippen molar-refractivity contribution in [3.05, 3.63) is 0 Å². The van der Waals surface area contributed by atoms with Crippen LogP contribution in [0.25, 0.3) is 0 Å². The van der Waals surface area contributed by atoms with Crippen molar-refractivity contribution in [2.45, 2.75) is 27.2 Å². The molecule has 6 heteroatoms. The van der Waals surface area contributed by atoms with Gasteiger partial charge in [-0.1, -0.05) is 20.8 Å². The minimum atomic E-state index is -0.368. The van der Waals surface area contributed by atoms with Gasteiger partial charge in [-0.3, -0.25) is 14.4 Å². The van der Waals surface area contributed by atoms with Crippen molar-refractivity contribution < 1.29 is 19.1 Å². The van der Waals surface area contributed by atoms with Crippen LogP contribution in [0.15, 0.2) is 0 Å². The summed E-state index contributed by atoms with van der Waals surface area (Å²) in [5.74, 6) is -0.654. The third-order valence-corrected chi connectivity index (χ3v) is 3.68. The first kappa shape index (κ1) is 17.5. The standard InChI is InChI=1S/C15H26N2O4/c1-10(2)7-17-9-12(6-13(17)18)14(19)16(4)8-11(3)15(20)21-5/h10-12H,6-9H2,1-5H3. The first-order chi connectivity index (χ1) is 9.76. The molecular formula is C15H26N2O4. The van der Waals surface area contributed by atoms with Crippen molar-refractivity contribution in [3.63, 3.8) is 0 Å². The predicted molar refractivity (Wildman–Crippen MR) is 78.3 cm³/mol. The highest BCUT2D eigenvalue weighted by Gasteiger charge is 2.36. The van der Waals surface area contributed by atoms with Crippen LogP contribution >= 0.6 is 0 Å². The smallest absolute Gasteiger partial charge is 0.310 e. The van der Waals surface area contributed by atoms with Gasteiger partial charge in [0.2, 0.25) is 11.8 Å². The van der Waals surface area contributed by atoms with Gasteiger partial charge in [-0.15, -0.1) is 0 Å². The summed E-state index contributed by atoms with van der Waals surface area (Å²) in [5, 5.41) is 0. The first-order valence-corrected chi connectivity index (χ1v) is 7.36. The third kappa shape index (κ3) is 4.72. The Kier molecular flexibility index (Phi) is 6.18. The third-order valence-electron chi connectivity index (χ3n) is 3.68. The maximum Gasteiger partial charge on any atom is 0.310 e. The van der Waals surface area contributed by atoms with Crippen molar-refractivity contribution >= 4 is 17.8 Å². The molecule has 1 aliphatic rings. The average Bonchev–Trinajstić information content (AvgIpc) is 2.77. The summed E-state index contributed by atoms with van der Waals surface area (Å²) in [6.07, 6.45) is 0.266. The Morgan fingerprint density at radius 2 is 2.00 bits per heavy atom. The molecule has 1 fully saturated rings. The Balaban J connectivity index is 2.56. The summed E-state index contributed by atoms with van der Waals surface area (Å²) >= 11 is 0. The van der Waals surface area contributed by atoms with E-state index in [9.17, 15) is 14.4 Å². The van der Waals surface area contributed by atoms with E-state index < -0.39 is 0 Å². The Hall–Kier alpha value is -1.59. The monoisotopic (exact) mass is 298 g/mol. The lowest BCUT2D eigenvalue weighted by atomic mass is 10.1. The van der Waals surface area contributed by atoms with Crippen LogP contribution in [0, 0.1) is 17.8 Å². The largest absolute Gasteiger partial charge is 0.469 e. The van der Waals surface area contributed by atoms with Crippen molar-refractivity contribution in [3.8, 4) is 0 Å². The van der Waals surface area contributed by atoms with E-state index in [-0.39, 0.29) is 36.0 Å². The molecule has 1 rings (SSSR count). The fourth-order valence-corrected chi connectivity index (χ4v) is 2.64. The molecule has 120 valence electrons. The van der Waals surface area contributed by atoms with Gasteiger partial charge in [0.15, 0.2) is 0 Å². The molecule has 6 nitrogen and oxygen atoms in total. The van der Waals surface area contributed by atoms with Gasteiger partial charge in [0.1, 0.15) is 0 Å². The van der Waals surface area contributed by atoms with E-state index in [0.29, 0.717) is 25.6 Å². The molecule has 1 heterocycles. The Labute approximate surface area is 126 Å². The number of nitrogens with zero attached hydrogens (tertiary/aromatic N) is 2. The second-order valence-electron chi connectivity index (χ2n) is 6.24. The van der Waals surface area contributed by atoms with Crippen LogP contribution in [0.5, 0.6) is 0 Å². The highest BCUT2D eigenvalue weighted by molar-refractivity contribution is 5.89. The van der Waals surface area contributed by atoms with Crippen molar-refractivity contribution in [1.82, 2.24) is 9.80 Å². The van der Waals surface area contributed by atoms with Crippen LogP contribution in [0.3, 0.4) is 0 Å². The van der Waals surface area contributed by atoms with Crippen LogP contribution in [0.1, 0.15) is 27.2 Å². The van der Waals surface area contributed by atoms with E-state index in [2.05, 4.69) is 4.74 Å². The van der Waals surface area contributed by atoms with Gasteiger partial charge < -0.3 is 14.5 Å². The zero-order valence-corrected chi connectivity index (χ0v) is 13.6. The number of likely N-dealkylation sites (tertiary alicyclic amines) is 1. The van der Waals surface area contributed by atoms with E-state index in [1.54, 1.807) is 18.9 Å². The number of rotatable bonds is 6. The van der Waals surface area contributed by atoms with E-state index in [4.69, 9.17) is 0 Å². The minimum absolute atomic E-state index is 0.0384. The molecule has 1 aliphatic heterocycles. The Morgan fingerprint density at radius 1 is 1.38 bits per heavy atom. The number of carbonyl (C=O) groups excluding carboxylic acids is 3. The zero-order valence-electron chi connectivity index (χ0n) is 13.6. The number of hydrogen-bond acceptors (Lipinski definition) is 4. The molecule has 21 heavy (non-hydrogen) atoms. The lowest BCUT2D eigenvalue weighted by molar-refractivity contribution is -0.146. The van der Waals surface area contributed by atoms with E-state index in [0.717, 1.165) is 0 Å². The molecule has 0 spiro atoms. The molecule has 0 radical (unpaired) electrons. The van der Waals surface area contributed by atoms with E-state index >= 15 is 0 Å². The van der Waals surface area contributed by atoms with Gasteiger partial charge >= 0.3 is 5.97 Å². The van der Waals surface area contributed by atoms with Crippen LogP contribution in [-0.4, -0.2) is 61.4 Å². The highest BCUT2D eigenvalue weighted by atomic mass is 16.5. The number of esters is 1. The van der Waals surface area contributed by atoms with E-state index in [1.165, 1.54) is 12.0 Å². The number of hydrogen-bond donors (Lipinski definition) is 0. The van der Waals surface area contributed by atoms with Crippen molar-refractivity contribution in [1.29, 1.82) is 0 Å². The maximum atomic E-state index is 12.4.